The van der Waals surface area contributed by atoms with E-state index in [2.05, 4.69) is 39.6 Å². The van der Waals surface area contributed by atoms with Crippen molar-refractivity contribution >= 4 is 23.2 Å². The van der Waals surface area contributed by atoms with Crippen molar-refractivity contribution in [3.8, 4) is 0 Å². The highest BCUT2D eigenvalue weighted by Gasteiger charge is 2.48. The van der Waals surface area contributed by atoms with E-state index in [1.54, 1.807) is 0 Å². The highest BCUT2D eigenvalue weighted by atomic mass is 16.2. The number of hydrogen-bond acceptors (Lipinski definition) is 4. The molecule has 2 N–H and O–H groups in total. The van der Waals surface area contributed by atoms with E-state index < -0.39 is 0 Å². The van der Waals surface area contributed by atoms with Crippen LogP contribution < -0.4 is 15.5 Å². The first-order chi connectivity index (χ1) is 14.1. The lowest BCUT2D eigenvalue weighted by Gasteiger charge is -2.34. The first-order valence-electron chi connectivity index (χ1n) is 11.2. The minimum atomic E-state index is -0.182. The summed E-state index contributed by atoms with van der Waals surface area (Å²) in [5.41, 5.74) is 2.01. The van der Waals surface area contributed by atoms with Crippen molar-refractivity contribution in [1.29, 1.82) is 0 Å². The van der Waals surface area contributed by atoms with Crippen molar-refractivity contribution in [3.05, 3.63) is 24.3 Å². The lowest BCUT2D eigenvalue weighted by Crippen LogP contribution is -2.44. The zero-order chi connectivity index (χ0) is 20.2. The summed E-state index contributed by atoms with van der Waals surface area (Å²) in [5, 5.41) is 6.18. The number of likely N-dealkylation sites (N-methyl/N-ethyl adjacent to an activating group) is 1. The van der Waals surface area contributed by atoms with E-state index in [-0.39, 0.29) is 23.7 Å². The molecule has 2 aliphatic carbocycles. The van der Waals surface area contributed by atoms with Gasteiger partial charge < -0.3 is 20.4 Å². The SMILES string of the molecule is CN1CCN(c2ccc(NC(=O)C3CC3C(=O)NC3CCCCCC3)cc2)CC1. The number of nitrogens with zero attached hydrogens (tertiary/aromatic N) is 2. The highest BCUT2D eigenvalue weighted by Crippen LogP contribution is 2.40. The maximum Gasteiger partial charge on any atom is 0.228 e. The average Bonchev–Trinajstić information content (AvgIpc) is 3.54. The predicted octanol–water partition coefficient (Wildman–Crippen LogP) is 2.85. The Balaban J connectivity index is 1.24. The van der Waals surface area contributed by atoms with Crippen molar-refractivity contribution < 1.29 is 9.59 Å². The molecule has 29 heavy (non-hydrogen) atoms. The van der Waals surface area contributed by atoms with Gasteiger partial charge in [-0.25, -0.2) is 0 Å². The molecule has 2 amide bonds. The van der Waals surface area contributed by atoms with E-state index in [1.165, 1.54) is 31.4 Å². The van der Waals surface area contributed by atoms with Crippen LogP contribution in [0.15, 0.2) is 24.3 Å². The number of rotatable bonds is 5. The standard InChI is InChI=1S/C23H34N4O2/c1-26-12-14-27(15-13-26)19-10-8-18(9-11-19)25-23(29)21-16-20(21)22(28)24-17-6-4-2-3-5-7-17/h8-11,17,20-21H,2-7,12-16H2,1H3,(H,24,28)(H,25,29). The van der Waals surface area contributed by atoms with Gasteiger partial charge in [0.1, 0.15) is 0 Å². The minimum absolute atomic E-state index is 0.0293. The number of hydrogen-bond donors (Lipinski definition) is 2. The first kappa shape index (κ1) is 20.2. The highest BCUT2D eigenvalue weighted by molar-refractivity contribution is 5.99. The lowest BCUT2D eigenvalue weighted by molar-refractivity contribution is -0.125. The third-order valence-electron chi connectivity index (χ3n) is 6.67. The molecule has 0 aromatic heterocycles. The minimum Gasteiger partial charge on any atom is -0.369 e. The van der Waals surface area contributed by atoms with Gasteiger partial charge in [-0.1, -0.05) is 25.7 Å². The molecule has 1 saturated heterocycles. The number of benzene rings is 1. The Morgan fingerprint density at radius 3 is 2.14 bits per heavy atom. The molecule has 6 nitrogen and oxygen atoms in total. The van der Waals surface area contributed by atoms with Crippen LogP contribution in [0.4, 0.5) is 11.4 Å². The summed E-state index contributed by atoms with van der Waals surface area (Å²) >= 11 is 0. The van der Waals surface area contributed by atoms with Crippen molar-refractivity contribution in [3.63, 3.8) is 0 Å². The van der Waals surface area contributed by atoms with Crippen LogP contribution in [0.2, 0.25) is 0 Å². The molecule has 1 aliphatic heterocycles. The van der Waals surface area contributed by atoms with Crippen molar-refractivity contribution in [1.82, 2.24) is 10.2 Å². The maximum absolute atomic E-state index is 12.6. The summed E-state index contributed by atoms with van der Waals surface area (Å²) in [5.74, 6) is -0.290. The van der Waals surface area contributed by atoms with Crippen LogP contribution >= 0.6 is 0 Å². The van der Waals surface area contributed by atoms with Gasteiger partial charge in [0.2, 0.25) is 11.8 Å². The van der Waals surface area contributed by atoms with Gasteiger partial charge in [-0.3, -0.25) is 9.59 Å². The van der Waals surface area contributed by atoms with Crippen LogP contribution in [0.3, 0.4) is 0 Å². The van der Waals surface area contributed by atoms with E-state index in [0.717, 1.165) is 44.7 Å². The van der Waals surface area contributed by atoms with Gasteiger partial charge >= 0.3 is 0 Å². The molecule has 6 heteroatoms. The molecule has 3 aliphatic rings. The van der Waals surface area contributed by atoms with Gasteiger partial charge in [-0.15, -0.1) is 0 Å². The van der Waals surface area contributed by atoms with Crippen LogP contribution in [0.5, 0.6) is 0 Å². The summed E-state index contributed by atoms with van der Waals surface area (Å²) in [6.07, 6.45) is 7.77. The summed E-state index contributed by atoms with van der Waals surface area (Å²) in [6, 6.07) is 8.38. The number of piperazine rings is 1. The zero-order valence-electron chi connectivity index (χ0n) is 17.5. The van der Waals surface area contributed by atoms with Crippen LogP contribution in [0.25, 0.3) is 0 Å². The summed E-state index contributed by atoms with van der Waals surface area (Å²) in [7, 11) is 2.15. The van der Waals surface area contributed by atoms with Gasteiger partial charge in [-0.05, 0) is 50.6 Å². The lowest BCUT2D eigenvalue weighted by atomic mass is 10.1. The normalized spacial score (nSPS) is 25.9. The van der Waals surface area contributed by atoms with Gasteiger partial charge in [0.15, 0.2) is 0 Å². The number of nitrogens with one attached hydrogen (secondary N) is 2. The molecule has 1 aromatic rings. The molecule has 2 atom stereocenters. The Morgan fingerprint density at radius 2 is 1.48 bits per heavy atom. The van der Waals surface area contributed by atoms with Crippen LogP contribution in [0, 0.1) is 11.8 Å². The summed E-state index contributed by atoms with van der Waals surface area (Å²) in [4.78, 5) is 29.8. The number of anilines is 2. The van der Waals surface area contributed by atoms with E-state index in [1.807, 2.05) is 12.1 Å². The smallest absolute Gasteiger partial charge is 0.228 e. The molecule has 2 saturated carbocycles. The molecule has 158 valence electrons. The topological polar surface area (TPSA) is 64.7 Å². The van der Waals surface area contributed by atoms with Crippen molar-refractivity contribution in [2.75, 3.05) is 43.4 Å². The monoisotopic (exact) mass is 398 g/mol. The Morgan fingerprint density at radius 1 is 0.862 bits per heavy atom. The van der Waals surface area contributed by atoms with Gasteiger partial charge in [-0.2, -0.15) is 0 Å². The molecular weight excluding hydrogens is 364 g/mol. The summed E-state index contributed by atoms with van der Waals surface area (Å²) in [6.45, 7) is 4.21. The maximum atomic E-state index is 12.6. The molecular formula is C23H34N4O2. The molecule has 1 heterocycles. The fourth-order valence-corrected chi connectivity index (χ4v) is 4.56. The molecule has 0 spiro atoms. The number of carbonyl (C=O) groups excluding carboxylic acids is 2. The number of amides is 2. The average molecular weight is 399 g/mol. The quantitative estimate of drug-likeness (QED) is 0.749. The van der Waals surface area contributed by atoms with E-state index in [4.69, 9.17) is 0 Å². The van der Waals surface area contributed by atoms with E-state index in [0.29, 0.717) is 12.5 Å². The van der Waals surface area contributed by atoms with Crippen LogP contribution in [0.1, 0.15) is 44.9 Å². The Labute approximate surface area is 174 Å². The second-order valence-electron chi connectivity index (χ2n) is 8.97. The predicted molar refractivity (Wildman–Crippen MR) is 116 cm³/mol. The largest absolute Gasteiger partial charge is 0.369 e. The van der Waals surface area contributed by atoms with Crippen molar-refractivity contribution in [2.45, 2.75) is 51.0 Å². The van der Waals surface area contributed by atoms with E-state index in [9.17, 15) is 9.59 Å². The fraction of sp³-hybridized carbons (Fsp3) is 0.652. The van der Waals surface area contributed by atoms with Gasteiger partial charge in [0.25, 0.3) is 0 Å². The molecule has 1 aromatic carbocycles. The Bertz CT molecular complexity index is 704. The third-order valence-corrected chi connectivity index (χ3v) is 6.67. The van der Waals surface area contributed by atoms with Crippen LogP contribution in [-0.2, 0) is 9.59 Å². The first-order valence-corrected chi connectivity index (χ1v) is 11.2. The van der Waals surface area contributed by atoms with Crippen LogP contribution in [-0.4, -0.2) is 56.0 Å². The Kier molecular flexibility index (Phi) is 6.38. The number of carbonyl (C=O) groups is 2. The second kappa shape index (κ2) is 9.16. The molecule has 0 radical (unpaired) electrons. The zero-order valence-corrected chi connectivity index (χ0v) is 17.5. The Hall–Kier alpha value is -2.08. The molecule has 0 bridgehead atoms. The molecule has 4 rings (SSSR count). The van der Waals surface area contributed by atoms with Gasteiger partial charge in [0.05, 0.1) is 11.8 Å². The van der Waals surface area contributed by atoms with E-state index >= 15 is 0 Å². The van der Waals surface area contributed by atoms with Crippen molar-refractivity contribution in [2.24, 2.45) is 11.8 Å². The molecule has 2 unspecified atom stereocenters. The fourth-order valence-electron chi connectivity index (χ4n) is 4.56. The van der Waals surface area contributed by atoms with Gasteiger partial charge in [0, 0.05) is 43.6 Å². The second-order valence-corrected chi connectivity index (χ2v) is 8.97. The molecule has 3 fully saturated rings. The third kappa shape index (κ3) is 5.30. The summed E-state index contributed by atoms with van der Waals surface area (Å²) < 4.78 is 0.